The summed E-state index contributed by atoms with van der Waals surface area (Å²) >= 11 is 13.6. The molecule has 0 radical (unpaired) electrons. The third kappa shape index (κ3) is 4.75. The van der Waals surface area contributed by atoms with E-state index in [9.17, 15) is 0 Å². The fourth-order valence-corrected chi connectivity index (χ4v) is 2.08. The van der Waals surface area contributed by atoms with Crippen LogP contribution in [0.3, 0.4) is 0 Å². The molecule has 0 saturated heterocycles. The van der Waals surface area contributed by atoms with Crippen LogP contribution in [0.2, 0.25) is 0 Å². The summed E-state index contributed by atoms with van der Waals surface area (Å²) in [6, 6.07) is 8.28. The zero-order valence-electron chi connectivity index (χ0n) is 9.50. The smallest absolute Gasteiger partial charge is 0.189 e. The van der Waals surface area contributed by atoms with Crippen molar-refractivity contribution >= 4 is 56.3 Å². The van der Waals surface area contributed by atoms with Crippen LogP contribution in [0, 0.1) is 0 Å². The molecule has 1 aromatic rings. The quantitative estimate of drug-likeness (QED) is 0.487. The maximum absolute atomic E-state index is 5.14. The van der Waals surface area contributed by atoms with Crippen LogP contribution in [0.5, 0.6) is 0 Å². The standard InChI is InChI=1S/C11H13BrN4S2/c12-7-2-1-3-9(6-7)14-11(18)16-15-10(17)13-8-4-5-8/h1-3,6,8H,4-5H2,(H2,13,15,17)(H2,14,16,18). The predicted octanol–water partition coefficient (Wildman–Crippen LogP) is 2.28. The molecule has 0 aromatic heterocycles. The van der Waals surface area contributed by atoms with E-state index < -0.39 is 0 Å². The van der Waals surface area contributed by atoms with Gasteiger partial charge in [-0.2, -0.15) is 0 Å². The van der Waals surface area contributed by atoms with Gasteiger partial charge in [-0.25, -0.2) is 0 Å². The van der Waals surface area contributed by atoms with E-state index in [4.69, 9.17) is 24.4 Å². The highest BCUT2D eigenvalue weighted by molar-refractivity contribution is 9.10. The van der Waals surface area contributed by atoms with Gasteiger partial charge in [0.05, 0.1) is 0 Å². The zero-order chi connectivity index (χ0) is 13.0. The maximum Gasteiger partial charge on any atom is 0.189 e. The number of nitrogens with one attached hydrogen (secondary N) is 4. The van der Waals surface area contributed by atoms with Crippen LogP contribution >= 0.6 is 40.4 Å². The molecule has 0 spiro atoms. The van der Waals surface area contributed by atoms with E-state index in [1.807, 2.05) is 24.3 Å². The molecule has 0 atom stereocenters. The molecule has 1 fully saturated rings. The fraction of sp³-hybridized carbons (Fsp3) is 0.273. The number of benzene rings is 1. The molecule has 4 N–H and O–H groups in total. The summed E-state index contributed by atoms with van der Waals surface area (Å²) in [5, 5.41) is 7.22. The Morgan fingerprint density at radius 2 is 1.89 bits per heavy atom. The summed E-state index contributed by atoms with van der Waals surface area (Å²) in [7, 11) is 0. The number of halogens is 1. The van der Waals surface area contributed by atoms with E-state index in [2.05, 4.69) is 37.4 Å². The van der Waals surface area contributed by atoms with Gasteiger partial charge in [0.15, 0.2) is 10.2 Å². The highest BCUT2D eigenvalue weighted by Gasteiger charge is 2.21. The Labute approximate surface area is 125 Å². The summed E-state index contributed by atoms with van der Waals surface area (Å²) in [6.45, 7) is 0. The van der Waals surface area contributed by atoms with E-state index >= 15 is 0 Å². The third-order valence-corrected chi connectivity index (χ3v) is 3.20. The molecule has 1 saturated carbocycles. The summed E-state index contributed by atoms with van der Waals surface area (Å²) in [6.07, 6.45) is 2.37. The number of hydrogen-bond acceptors (Lipinski definition) is 2. The van der Waals surface area contributed by atoms with Gasteiger partial charge in [0, 0.05) is 16.2 Å². The van der Waals surface area contributed by atoms with Crippen molar-refractivity contribution in [1.29, 1.82) is 0 Å². The third-order valence-electron chi connectivity index (χ3n) is 2.28. The van der Waals surface area contributed by atoms with E-state index in [0.717, 1.165) is 10.2 Å². The van der Waals surface area contributed by atoms with E-state index in [0.29, 0.717) is 16.3 Å². The van der Waals surface area contributed by atoms with Gasteiger partial charge in [-0.3, -0.25) is 10.9 Å². The molecule has 0 heterocycles. The molecule has 0 amide bonds. The van der Waals surface area contributed by atoms with Gasteiger partial charge in [-0.05, 0) is 55.5 Å². The molecule has 1 aliphatic rings. The van der Waals surface area contributed by atoms with Crippen LogP contribution in [-0.2, 0) is 0 Å². The van der Waals surface area contributed by atoms with Crippen molar-refractivity contribution in [3.05, 3.63) is 28.7 Å². The van der Waals surface area contributed by atoms with Crippen molar-refractivity contribution in [3.63, 3.8) is 0 Å². The van der Waals surface area contributed by atoms with Gasteiger partial charge in [0.1, 0.15) is 0 Å². The van der Waals surface area contributed by atoms with Crippen LogP contribution in [0.4, 0.5) is 5.69 Å². The minimum atomic E-state index is 0.466. The first-order valence-corrected chi connectivity index (χ1v) is 7.13. The first kappa shape index (κ1) is 13.5. The van der Waals surface area contributed by atoms with E-state index in [1.165, 1.54) is 12.8 Å². The molecule has 96 valence electrons. The molecule has 0 bridgehead atoms. The molecule has 0 unspecified atom stereocenters. The monoisotopic (exact) mass is 344 g/mol. The molecule has 18 heavy (non-hydrogen) atoms. The second kappa shape index (κ2) is 6.31. The van der Waals surface area contributed by atoms with Crippen molar-refractivity contribution in [3.8, 4) is 0 Å². The largest absolute Gasteiger partial charge is 0.359 e. The van der Waals surface area contributed by atoms with Gasteiger partial charge in [-0.15, -0.1) is 0 Å². The lowest BCUT2D eigenvalue weighted by atomic mass is 10.3. The van der Waals surface area contributed by atoms with Crippen LogP contribution in [0.1, 0.15) is 12.8 Å². The number of rotatable bonds is 2. The van der Waals surface area contributed by atoms with Gasteiger partial charge in [-0.1, -0.05) is 22.0 Å². The number of hydrogen-bond donors (Lipinski definition) is 4. The van der Waals surface area contributed by atoms with Crippen LogP contribution < -0.4 is 21.5 Å². The molecule has 1 aromatic carbocycles. The Morgan fingerprint density at radius 3 is 2.56 bits per heavy atom. The first-order chi connectivity index (χ1) is 8.63. The Balaban J connectivity index is 1.72. The summed E-state index contributed by atoms with van der Waals surface area (Å²) < 4.78 is 0.995. The molecule has 2 rings (SSSR count). The Morgan fingerprint density at radius 1 is 1.17 bits per heavy atom. The van der Waals surface area contributed by atoms with Gasteiger partial charge in [0.25, 0.3) is 0 Å². The van der Waals surface area contributed by atoms with E-state index in [-0.39, 0.29) is 0 Å². The number of hydrazine groups is 1. The lowest BCUT2D eigenvalue weighted by molar-refractivity contribution is 0.805. The average Bonchev–Trinajstić information content (AvgIpc) is 3.10. The first-order valence-electron chi connectivity index (χ1n) is 5.52. The highest BCUT2D eigenvalue weighted by atomic mass is 79.9. The van der Waals surface area contributed by atoms with Crippen LogP contribution in [0.25, 0.3) is 0 Å². The van der Waals surface area contributed by atoms with Gasteiger partial charge < -0.3 is 10.6 Å². The van der Waals surface area contributed by atoms with E-state index in [1.54, 1.807) is 0 Å². The maximum atomic E-state index is 5.14. The minimum Gasteiger partial charge on any atom is -0.359 e. The van der Waals surface area contributed by atoms with Crippen LogP contribution in [-0.4, -0.2) is 16.3 Å². The van der Waals surface area contributed by atoms with Crippen LogP contribution in [0.15, 0.2) is 28.7 Å². The Kier molecular flexibility index (Phi) is 4.73. The predicted molar refractivity (Wildman–Crippen MR) is 85.4 cm³/mol. The second-order valence-corrected chi connectivity index (χ2v) is 5.69. The molecular formula is C11H13BrN4S2. The normalized spacial score (nSPS) is 13.6. The van der Waals surface area contributed by atoms with Crippen molar-refractivity contribution in [2.24, 2.45) is 0 Å². The lowest BCUT2D eigenvalue weighted by Gasteiger charge is -2.14. The molecule has 4 nitrogen and oxygen atoms in total. The van der Waals surface area contributed by atoms with Crippen molar-refractivity contribution in [1.82, 2.24) is 16.2 Å². The summed E-state index contributed by atoms with van der Waals surface area (Å²) in [4.78, 5) is 0. The van der Waals surface area contributed by atoms with Crippen molar-refractivity contribution in [2.45, 2.75) is 18.9 Å². The van der Waals surface area contributed by atoms with Gasteiger partial charge >= 0.3 is 0 Å². The second-order valence-electron chi connectivity index (χ2n) is 3.96. The average molecular weight is 345 g/mol. The number of anilines is 1. The molecule has 0 aliphatic heterocycles. The summed E-state index contributed by atoms with van der Waals surface area (Å²) in [5.74, 6) is 0. The topological polar surface area (TPSA) is 48.1 Å². The fourth-order valence-electron chi connectivity index (χ4n) is 1.29. The van der Waals surface area contributed by atoms with Gasteiger partial charge in [0.2, 0.25) is 0 Å². The summed E-state index contributed by atoms with van der Waals surface area (Å²) in [5.41, 5.74) is 6.59. The minimum absolute atomic E-state index is 0.466. The highest BCUT2D eigenvalue weighted by Crippen LogP contribution is 2.18. The van der Waals surface area contributed by atoms with Crippen molar-refractivity contribution in [2.75, 3.05) is 5.32 Å². The molecular weight excluding hydrogens is 332 g/mol. The molecule has 1 aliphatic carbocycles. The SMILES string of the molecule is S=C(NNC(=S)NC1CC1)Nc1cccc(Br)c1. The zero-order valence-corrected chi connectivity index (χ0v) is 12.7. The van der Waals surface area contributed by atoms with Crippen molar-refractivity contribution < 1.29 is 0 Å². The lowest BCUT2D eigenvalue weighted by Crippen LogP contribution is -2.48. The Bertz CT molecular complexity index is 462. The molecule has 7 heteroatoms. The Hall–Kier alpha value is -0.920. The number of thiocarbonyl (C=S) groups is 2.